The van der Waals surface area contributed by atoms with E-state index in [4.69, 9.17) is 4.74 Å². The molecule has 0 amide bonds. The predicted molar refractivity (Wildman–Crippen MR) is 110 cm³/mol. The van der Waals surface area contributed by atoms with E-state index in [1.54, 1.807) is 7.11 Å². The third-order valence-corrected chi connectivity index (χ3v) is 8.86. The molecule has 5 atom stereocenters. The van der Waals surface area contributed by atoms with Crippen LogP contribution in [-0.2, 0) is 0 Å². The van der Waals surface area contributed by atoms with Gasteiger partial charge in [0.1, 0.15) is 5.75 Å². The molecule has 1 aromatic rings. The Morgan fingerprint density at radius 1 is 1.00 bits per heavy atom. The van der Waals surface area contributed by atoms with Gasteiger partial charge in [0.15, 0.2) is 0 Å². The van der Waals surface area contributed by atoms with Crippen molar-refractivity contribution in [2.75, 3.05) is 7.11 Å². The van der Waals surface area contributed by atoms with Crippen molar-refractivity contribution >= 4 is 5.57 Å². The average molecular weight is 364 g/mol. The number of nitrogens with zero attached hydrogens (tertiary/aromatic N) is 1. The molecule has 0 aliphatic heterocycles. The van der Waals surface area contributed by atoms with Gasteiger partial charge in [0.05, 0.1) is 13.3 Å². The number of pyridine rings is 1. The molecule has 0 bridgehead atoms. The van der Waals surface area contributed by atoms with Crippen molar-refractivity contribution in [1.29, 1.82) is 0 Å². The van der Waals surface area contributed by atoms with Crippen LogP contribution in [0.4, 0.5) is 0 Å². The van der Waals surface area contributed by atoms with Crippen LogP contribution in [0.5, 0.6) is 5.75 Å². The van der Waals surface area contributed by atoms with Crippen LogP contribution in [0.15, 0.2) is 36.2 Å². The zero-order chi connectivity index (χ0) is 18.6. The molecule has 2 heteroatoms. The summed E-state index contributed by atoms with van der Waals surface area (Å²) < 4.78 is 5.44. The molecule has 2 fully saturated rings. The van der Waals surface area contributed by atoms with Gasteiger partial charge >= 0.3 is 0 Å². The van der Waals surface area contributed by atoms with Crippen LogP contribution in [0, 0.1) is 28.6 Å². The predicted octanol–water partition coefficient (Wildman–Crippen LogP) is 6.44. The van der Waals surface area contributed by atoms with Crippen molar-refractivity contribution in [2.45, 2.75) is 65.2 Å². The number of fused-ring (bicyclic) bond motifs is 5. The first-order valence-electron chi connectivity index (χ1n) is 11.0. The van der Waals surface area contributed by atoms with Crippen molar-refractivity contribution in [3.8, 4) is 5.75 Å². The first kappa shape index (κ1) is 17.5. The van der Waals surface area contributed by atoms with Gasteiger partial charge in [0.25, 0.3) is 0 Å². The Balaban J connectivity index is 1.48. The van der Waals surface area contributed by atoms with E-state index in [1.807, 2.05) is 18.0 Å². The first-order chi connectivity index (χ1) is 13.1. The highest BCUT2D eigenvalue weighted by Crippen LogP contribution is 2.66. The fourth-order valence-corrected chi connectivity index (χ4v) is 7.39. The summed E-state index contributed by atoms with van der Waals surface area (Å²) in [7, 11) is 1.73. The van der Waals surface area contributed by atoms with E-state index in [0.29, 0.717) is 10.8 Å². The Morgan fingerprint density at radius 2 is 1.89 bits per heavy atom. The minimum absolute atomic E-state index is 0.297. The summed E-state index contributed by atoms with van der Waals surface area (Å²) in [5, 5.41) is 0. The minimum atomic E-state index is 0.297. The summed E-state index contributed by atoms with van der Waals surface area (Å²) in [5.41, 5.74) is 5.39. The third kappa shape index (κ3) is 2.48. The maximum atomic E-state index is 5.44. The summed E-state index contributed by atoms with van der Waals surface area (Å²) in [6, 6.07) is 2.18. The van der Waals surface area contributed by atoms with Crippen molar-refractivity contribution in [3.05, 3.63) is 41.7 Å². The molecule has 4 aliphatic rings. The summed E-state index contributed by atoms with van der Waals surface area (Å²) in [4.78, 5) is 4.44. The molecule has 5 rings (SSSR count). The van der Waals surface area contributed by atoms with Gasteiger partial charge in [-0.25, -0.2) is 0 Å². The lowest BCUT2D eigenvalue weighted by molar-refractivity contribution is -0.00980. The molecule has 2 nitrogen and oxygen atoms in total. The van der Waals surface area contributed by atoms with Crippen LogP contribution < -0.4 is 4.74 Å². The normalized spacial score (nSPS) is 40.3. The monoisotopic (exact) mass is 363 g/mol. The minimum Gasteiger partial charge on any atom is -0.495 e. The van der Waals surface area contributed by atoms with Gasteiger partial charge in [-0.15, -0.1) is 0 Å². The highest BCUT2D eigenvalue weighted by molar-refractivity contribution is 5.73. The fourth-order valence-electron chi connectivity index (χ4n) is 7.39. The smallest absolute Gasteiger partial charge is 0.137 e. The number of allylic oxidation sites excluding steroid dienone is 4. The number of hydrogen-bond donors (Lipinski definition) is 0. The second-order valence-electron chi connectivity index (χ2n) is 9.89. The van der Waals surface area contributed by atoms with Gasteiger partial charge in [-0.2, -0.15) is 0 Å². The molecule has 0 aromatic carbocycles. The summed E-state index contributed by atoms with van der Waals surface area (Å²) in [5.74, 6) is 3.40. The molecule has 1 heterocycles. The quantitative estimate of drug-likeness (QED) is 0.564. The van der Waals surface area contributed by atoms with Crippen LogP contribution in [0.2, 0.25) is 0 Å². The largest absolute Gasteiger partial charge is 0.495 e. The Kier molecular flexibility index (Phi) is 4.04. The van der Waals surface area contributed by atoms with Crippen molar-refractivity contribution in [2.24, 2.45) is 28.6 Å². The molecule has 4 aliphatic carbocycles. The lowest BCUT2D eigenvalue weighted by Crippen LogP contribution is -2.48. The van der Waals surface area contributed by atoms with Crippen LogP contribution in [-0.4, -0.2) is 12.1 Å². The topological polar surface area (TPSA) is 22.1 Å². The molecule has 0 spiro atoms. The van der Waals surface area contributed by atoms with Gasteiger partial charge in [0.2, 0.25) is 0 Å². The van der Waals surface area contributed by atoms with E-state index in [0.717, 1.165) is 23.5 Å². The molecule has 0 saturated heterocycles. The number of aromatic nitrogens is 1. The molecule has 5 unspecified atom stereocenters. The second-order valence-corrected chi connectivity index (χ2v) is 9.89. The van der Waals surface area contributed by atoms with Gasteiger partial charge in [-0.05, 0) is 90.7 Å². The maximum absolute atomic E-state index is 5.44. The SMILES string of the molecule is COc1cncc(C2=CCC3C4CC=C5CCCCC5(C)C4CCC23C)c1. The zero-order valence-electron chi connectivity index (χ0n) is 17.1. The van der Waals surface area contributed by atoms with Crippen molar-refractivity contribution in [1.82, 2.24) is 4.98 Å². The first-order valence-corrected chi connectivity index (χ1v) is 11.0. The molecule has 1 aromatic heterocycles. The molecular weight excluding hydrogens is 330 g/mol. The Hall–Kier alpha value is -1.57. The highest BCUT2D eigenvalue weighted by atomic mass is 16.5. The summed E-state index contributed by atoms with van der Waals surface area (Å²) in [6.45, 7) is 5.14. The van der Waals surface area contributed by atoms with Gasteiger partial charge in [-0.1, -0.05) is 38.0 Å². The van der Waals surface area contributed by atoms with Gasteiger partial charge in [0, 0.05) is 6.20 Å². The van der Waals surface area contributed by atoms with Crippen LogP contribution >= 0.6 is 0 Å². The molecule has 2 saturated carbocycles. The number of rotatable bonds is 2. The summed E-state index contributed by atoms with van der Waals surface area (Å²) >= 11 is 0. The van der Waals surface area contributed by atoms with Gasteiger partial charge < -0.3 is 4.74 Å². The standard InChI is InChI=1S/C25H33NO/c1-24-12-5-4-6-18(24)7-8-20-22-10-9-21(25(22,2)13-11-23(20)24)17-14-19(27-3)16-26-15-17/h7,9,14-16,20,22-23H,4-6,8,10-13H2,1-3H3. The Bertz CT molecular complexity index is 808. The average Bonchev–Trinajstić information content (AvgIpc) is 3.05. The number of hydrogen-bond acceptors (Lipinski definition) is 2. The van der Waals surface area contributed by atoms with Crippen LogP contribution in [0.25, 0.3) is 5.57 Å². The van der Waals surface area contributed by atoms with Crippen molar-refractivity contribution < 1.29 is 4.74 Å². The van der Waals surface area contributed by atoms with E-state index < -0.39 is 0 Å². The lowest BCUT2D eigenvalue weighted by Gasteiger charge is -2.57. The molecule has 144 valence electrons. The van der Waals surface area contributed by atoms with Gasteiger partial charge in [-0.3, -0.25) is 4.98 Å². The molecule has 0 N–H and O–H groups in total. The molecule has 27 heavy (non-hydrogen) atoms. The Labute approximate surface area is 164 Å². The Morgan fingerprint density at radius 3 is 2.74 bits per heavy atom. The number of ether oxygens (including phenoxy) is 1. The summed E-state index contributed by atoms with van der Waals surface area (Å²) in [6.07, 6.45) is 19.9. The third-order valence-electron chi connectivity index (χ3n) is 8.86. The maximum Gasteiger partial charge on any atom is 0.137 e. The van der Waals surface area contributed by atoms with Crippen LogP contribution in [0.3, 0.4) is 0 Å². The fraction of sp³-hybridized carbons (Fsp3) is 0.640. The van der Waals surface area contributed by atoms with Crippen molar-refractivity contribution in [3.63, 3.8) is 0 Å². The highest BCUT2D eigenvalue weighted by Gasteiger charge is 2.56. The van der Waals surface area contributed by atoms with E-state index in [9.17, 15) is 0 Å². The molecular formula is C25H33NO. The van der Waals surface area contributed by atoms with E-state index in [2.05, 4.69) is 37.0 Å². The van der Waals surface area contributed by atoms with E-state index in [1.165, 1.54) is 62.5 Å². The number of methoxy groups -OCH3 is 1. The zero-order valence-corrected chi connectivity index (χ0v) is 17.1. The lowest BCUT2D eigenvalue weighted by atomic mass is 9.47. The molecule has 0 radical (unpaired) electrons. The van der Waals surface area contributed by atoms with E-state index in [-0.39, 0.29) is 0 Å². The van der Waals surface area contributed by atoms with E-state index >= 15 is 0 Å². The second kappa shape index (κ2) is 6.22. The van der Waals surface area contributed by atoms with Crippen LogP contribution in [0.1, 0.15) is 70.8 Å².